The summed E-state index contributed by atoms with van der Waals surface area (Å²) in [4.78, 5) is 22.7. The van der Waals surface area contributed by atoms with E-state index in [9.17, 15) is 9.59 Å². The van der Waals surface area contributed by atoms with E-state index in [4.69, 9.17) is 5.11 Å². The molecule has 0 heterocycles. The predicted octanol–water partition coefficient (Wildman–Crippen LogP) is -0.737. The molecule has 0 aromatic heterocycles. The minimum absolute atomic E-state index is 0.511. The van der Waals surface area contributed by atoms with Crippen molar-refractivity contribution in [3.05, 3.63) is 11.8 Å². The van der Waals surface area contributed by atoms with Gasteiger partial charge in [0.1, 0.15) is 0 Å². The number of nitrogens with zero attached hydrogens (tertiary/aromatic N) is 1. The summed E-state index contributed by atoms with van der Waals surface area (Å²) in [6, 6.07) is 0. The standard InChI is InChI=1S/C7H12N2O3/c1-8-6(11)4-5(10)7(12)9(2)3/h4,10H,1-3H3,(H,8,11)/b5-4-. The fourth-order valence-corrected chi connectivity index (χ4v) is 0.487. The second-order valence-corrected chi connectivity index (χ2v) is 2.34. The van der Waals surface area contributed by atoms with Crippen LogP contribution in [0.4, 0.5) is 0 Å². The first-order chi connectivity index (χ1) is 5.49. The maximum atomic E-state index is 10.9. The van der Waals surface area contributed by atoms with Gasteiger partial charge in [-0.15, -0.1) is 0 Å². The highest BCUT2D eigenvalue weighted by atomic mass is 16.3. The van der Waals surface area contributed by atoms with E-state index in [1.54, 1.807) is 0 Å². The summed E-state index contributed by atoms with van der Waals surface area (Å²) in [5.41, 5.74) is 0. The number of aliphatic hydroxyl groups excluding tert-OH is 1. The molecule has 0 radical (unpaired) electrons. The van der Waals surface area contributed by atoms with Crippen LogP contribution >= 0.6 is 0 Å². The van der Waals surface area contributed by atoms with Gasteiger partial charge in [-0.25, -0.2) is 0 Å². The summed E-state index contributed by atoms with van der Waals surface area (Å²) in [7, 11) is 4.37. The van der Waals surface area contributed by atoms with E-state index < -0.39 is 17.6 Å². The molecule has 0 aliphatic heterocycles. The summed E-state index contributed by atoms with van der Waals surface area (Å²) in [5.74, 6) is -1.68. The van der Waals surface area contributed by atoms with Crippen LogP contribution in [-0.2, 0) is 9.59 Å². The van der Waals surface area contributed by atoms with Gasteiger partial charge in [-0.05, 0) is 0 Å². The number of carbonyl (C=O) groups is 2. The SMILES string of the molecule is CNC(=O)/C=C(\O)C(=O)N(C)C. The van der Waals surface area contributed by atoms with Crippen LogP contribution in [0.3, 0.4) is 0 Å². The molecule has 2 N–H and O–H groups in total. The smallest absolute Gasteiger partial charge is 0.288 e. The molecule has 0 aliphatic rings. The summed E-state index contributed by atoms with van der Waals surface area (Å²) >= 11 is 0. The van der Waals surface area contributed by atoms with E-state index in [1.807, 2.05) is 0 Å². The van der Waals surface area contributed by atoms with Gasteiger partial charge < -0.3 is 15.3 Å². The molecule has 0 spiro atoms. The first-order valence-electron chi connectivity index (χ1n) is 3.33. The van der Waals surface area contributed by atoms with Crippen molar-refractivity contribution in [2.24, 2.45) is 0 Å². The molecule has 0 aromatic carbocycles. The number of rotatable bonds is 2. The van der Waals surface area contributed by atoms with Crippen molar-refractivity contribution in [3.8, 4) is 0 Å². The Labute approximate surface area is 70.7 Å². The largest absolute Gasteiger partial charge is 0.503 e. The van der Waals surface area contributed by atoms with E-state index in [0.717, 1.165) is 6.08 Å². The lowest BCUT2D eigenvalue weighted by molar-refractivity contribution is -0.128. The van der Waals surface area contributed by atoms with Crippen LogP contribution in [0.15, 0.2) is 11.8 Å². The van der Waals surface area contributed by atoms with Gasteiger partial charge in [0.2, 0.25) is 5.91 Å². The molecule has 0 rings (SSSR count). The number of carbonyl (C=O) groups excluding carboxylic acids is 2. The van der Waals surface area contributed by atoms with Gasteiger partial charge in [0, 0.05) is 21.1 Å². The minimum Gasteiger partial charge on any atom is -0.503 e. The Morgan fingerprint density at radius 1 is 1.42 bits per heavy atom. The summed E-state index contributed by atoms with van der Waals surface area (Å²) in [6.07, 6.45) is 0.836. The zero-order chi connectivity index (χ0) is 9.72. The number of aliphatic hydroxyl groups is 1. The summed E-state index contributed by atoms with van der Waals surface area (Å²) in [6.45, 7) is 0. The molecule has 12 heavy (non-hydrogen) atoms. The molecule has 0 saturated carbocycles. The first-order valence-corrected chi connectivity index (χ1v) is 3.33. The molecular formula is C7H12N2O3. The van der Waals surface area contributed by atoms with Crippen molar-refractivity contribution in [3.63, 3.8) is 0 Å². The molecule has 0 aromatic rings. The Hall–Kier alpha value is -1.52. The molecule has 5 heteroatoms. The average molecular weight is 172 g/mol. The van der Waals surface area contributed by atoms with Crippen LogP contribution in [0.5, 0.6) is 0 Å². The highest BCUT2D eigenvalue weighted by Gasteiger charge is 2.10. The Morgan fingerprint density at radius 2 is 1.92 bits per heavy atom. The molecule has 0 fully saturated rings. The Morgan fingerprint density at radius 3 is 2.25 bits per heavy atom. The van der Waals surface area contributed by atoms with Gasteiger partial charge in [0.25, 0.3) is 5.91 Å². The Kier molecular flexibility index (Phi) is 3.82. The molecule has 0 bridgehead atoms. The van der Waals surface area contributed by atoms with Crippen molar-refractivity contribution in [1.29, 1.82) is 0 Å². The van der Waals surface area contributed by atoms with Gasteiger partial charge in [0.05, 0.1) is 6.08 Å². The number of nitrogens with one attached hydrogen (secondary N) is 1. The third-order valence-electron chi connectivity index (χ3n) is 1.14. The summed E-state index contributed by atoms with van der Waals surface area (Å²) in [5, 5.41) is 11.2. The first kappa shape index (κ1) is 10.5. The monoisotopic (exact) mass is 172 g/mol. The van der Waals surface area contributed by atoms with Crippen LogP contribution in [0.1, 0.15) is 0 Å². The van der Waals surface area contributed by atoms with E-state index in [-0.39, 0.29) is 0 Å². The number of hydrogen-bond acceptors (Lipinski definition) is 3. The fourth-order valence-electron chi connectivity index (χ4n) is 0.487. The zero-order valence-corrected chi connectivity index (χ0v) is 7.29. The van der Waals surface area contributed by atoms with E-state index in [0.29, 0.717) is 0 Å². The lowest BCUT2D eigenvalue weighted by Crippen LogP contribution is -2.25. The molecule has 0 unspecified atom stereocenters. The molecule has 0 atom stereocenters. The van der Waals surface area contributed by atoms with Crippen molar-refractivity contribution in [2.45, 2.75) is 0 Å². The van der Waals surface area contributed by atoms with Gasteiger partial charge in [-0.2, -0.15) is 0 Å². The maximum Gasteiger partial charge on any atom is 0.288 e. The second kappa shape index (κ2) is 4.38. The number of amides is 2. The van der Waals surface area contributed by atoms with Crippen LogP contribution in [-0.4, -0.2) is 43.0 Å². The van der Waals surface area contributed by atoms with E-state index in [1.165, 1.54) is 26.0 Å². The van der Waals surface area contributed by atoms with Gasteiger partial charge in [0.15, 0.2) is 5.76 Å². The minimum atomic E-state index is -0.599. The maximum absolute atomic E-state index is 10.9. The highest BCUT2D eigenvalue weighted by molar-refractivity contribution is 5.98. The quantitative estimate of drug-likeness (QED) is 0.426. The van der Waals surface area contributed by atoms with E-state index >= 15 is 0 Å². The zero-order valence-electron chi connectivity index (χ0n) is 7.29. The van der Waals surface area contributed by atoms with Crippen LogP contribution in [0, 0.1) is 0 Å². The van der Waals surface area contributed by atoms with Crippen molar-refractivity contribution in [2.75, 3.05) is 21.1 Å². The normalized spacial score (nSPS) is 10.8. The Balaban J connectivity index is 4.38. The van der Waals surface area contributed by atoms with Crippen molar-refractivity contribution >= 4 is 11.8 Å². The van der Waals surface area contributed by atoms with Crippen molar-refractivity contribution < 1.29 is 14.7 Å². The van der Waals surface area contributed by atoms with Crippen LogP contribution < -0.4 is 5.32 Å². The van der Waals surface area contributed by atoms with Crippen LogP contribution in [0.2, 0.25) is 0 Å². The van der Waals surface area contributed by atoms with Gasteiger partial charge in [-0.1, -0.05) is 0 Å². The molecule has 2 amide bonds. The molecule has 0 saturated heterocycles. The molecule has 68 valence electrons. The van der Waals surface area contributed by atoms with Gasteiger partial charge in [-0.3, -0.25) is 9.59 Å². The van der Waals surface area contributed by atoms with E-state index in [2.05, 4.69) is 5.32 Å². The second-order valence-electron chi connectivity index (χ2n) is 2.34. The van der Waals surface area contributed by atoms with Crippen molar-refractivity contribution in [1.82, 2.24) is 10.2 Å². The lowest BCUT2D eigenvalue weighted by atomic mass is 10.4. The fraction of sp³-hybridized carbons (Fsp3) is 0.429. The predicted molar refractivity (Wildman–Crippen MR) is 43.5 cm³/mol. The lowest BCUT2D eigenvalue weighted by Gasteiger charge is -2.08. The molecule has 5 nitrogen and oxygen atoms in total. The molecular weight excluding hydrogens is 160 g/mol. The van der Waals surface area contributed by atoms with Gasteiger partial charge >= 0.3 is 0 Å². The van der Waals surface area contributed by atoms with Crippen LogP contribution in [0.25, 0.3) is 0 Å². The highest BCUT2D eigenvalue weighted by Crippen LogP contribution is 1.92. The topological polar surface area (TPSA) is 69.6 Å². The molecule has 0 aliphatic carbocycles. The Bertz CT molecular complexity index is 221. The number of hydrogen-bond donors (Lipinski definition) is 2. The average Bonchev–Trinajstić information content (AvgIpc) is 2.02. The third-order valence-corrected chi connectivity index (χ3v) is 1.14. The third kappa shape index (κ3) is 3.05. The summed E-state index contributed by atoms with van der Waals surface area (Å²) < 4.78 is 0. The number of likely N-dealkylation sites (N-methyl/N-ethyl adjacent to an activating group) is 2.